The standard InChI is InChI=1S/C14H15N3O2/c1-9-4-3-5-12(13(9)18)14(19)17-8-11-7-15-10(2)6-16-11/h3-7,18H,8H2,1-2H3,(H,17,19). The Morgan fingerprint density at radius 2 is 2.05 bits per heavy atom. The highest BCUT2D eigenvalue weighted by Gasteiger charge is 2.12. The minimum Gasteiger partial charge on any atom is -0.507 e. The Hall–Kier alpha value is -2.43. The fraction of sp³-hybridized carbons (Fsp3) is 0.214. The topological polar surface area (TPSA) is 75.1 Å². The predicted molar refractivity (Wildman–Crippen MR) is 70.8 cm³/mol. The molecule has 1 heterocycles. The van der Waals surface area contributed by atoms with Crippen molar-refractivity contribution in [2.24, 2.45) is 0 Å². The van der Waals surface area contributed by atoms with Gasteiger partial charge in [0.1, 0.15) is 5.75 Å². The largest absolute Gasteiger partial charge is 0.507 e. The maximum absolute atomic E-state index is 11.9. The van der Waals surface area contributed by atoms with Crippen LogP contribution in [0.3, 0.4) is 0 Å². The molecule has 0 saturated heterocycles. The van der Waals surface area contributed by atoms with Crippen molar-refractivity contribution in [3.05, 3.63) is 53.1 Å². The van der Waals surface area contributed by atoms with Crippen molar-refractivity contribution in [2.75, 3.05) is 0 Å². The number of amides is 1. The van der Waals surface area contributed by atoms with Gasteiger partial charge in [0, 0.05) is 6.20 Å². The molecular formula is C14H15N3O2. The van der Waals surface area contributed by atoms with Gasteiger partial charge in [0.05, 0.1) is 29.7 Å². The summed E-state index contributed by atoms with van der Waals surface area (Å²) in [6.07, 6.45) is 3.26. The van der Waals surface area contributed by atoms with Crippen LogP contribution >= 0.6 is 0 Å². The summed E-state index contributed by atoms with van der Waals surface area (Å²) in [4.78, 5) is 20.2. The molecular weight excluding hydrogens is 242 g/mol. The van der Waals surface area contributed by atoms with Gasteiger partial charge in [-0.2, -0.15) is 0 Å². The van der Waals surface area contributed by atoms with E-state index in [1.54, 1.807) is 37.5 Å². The lowest BCUT2D eigenvalue weighted by Gasteiger charge is -2.08. The van der Waals surface area contributed by atoms with Gasteiger partial charge in [0.15, 0.2) is 0 Å². The third-order valence-electron chi connectivity index (χ3n) is 2.75. The fourth-order valence-corrected chi connectivity index (χ4v) is 1.62. The number of aryl methyl sites for hydroxylation is 2. The number of aromatic hydroxyl groups is 1. The number of carbonyl (C=O) groups excluding carboxylic acids is 1. The van der Waals surface area contributed by atoms with Gasteiger partial charge < -0.3 is 10.4 Å². The van der Waals surface area contributed by atoms with Crippen molar-refractivity contribution < 1.29 is 9.90 Å². The van der Waals surface area contributed by atoms with E-state index in [4.69, 9.17) is 0 Å². The molecule has 5 nitrogen and oxygen atoms in total. The quantitative estimate of drug-likeness (QED) is 0.878. The highest BCUT2D eigenvalue weighted by molar-refractivity contribution is 5.97. The maximum Gasteiger partial charge on any atom is 0.255 e. The fourth-order valence-electron chi connectivity index (χ4n) is 1.62. The Morgan fingerprint density at radius 3 is 2.74 bits per heavy atom. The summed E-state index contributed by atoms with van der Waals surface area (Å²) in [7, 11) is 0. The number of phenolic OH excluding ortho intramolecular Hbond substituents is 1. The minimum atomic E-state index is -0.330. The van der Waals surface area contributed by atoms with Gasteiger partial charge >= 0.3 is 0 Å². The Labute approximate surface area is 111 Å². The average Bonchev–Trinajstić information content (AvgIpc) is 2.41. The lowest BCUT2D eigenvalue weighted by Crippen LogP contribution is -2.23. The zero-order valence-corrected chi connectivity index (χ0v) is 10.8. The summed E-state index contributed by atoms with van der Waals surface area (Å²) < 4.78 is 0. The molecule has 0 radical (unpaired) electrons. The van der Waals surface area contributed by atoms with E-state index in [0.29, 0.717) is 11.3 Å². The molecule has 0 aliphatic heterocycles. The first-order valence-electron chi connectivity index (χ1n) is 5.92. The van der Waals surface area contributed by atoms with Crippen LogP contribution in [0.15, 0.2) is 30.6 Å². The smallest absolute Gasteiger partial charge is 0.255 e. The van der Waals surface area contributed by atoms with E-state index >= 15 is 0 Å². The first-order valence-corrected chi connectivity index (χ1v) is 5.92. The number of para-hydroxylation sites is 1. The second-order valence-electron chi connectivity index (χ2n) is 4.30. The summed E-state index contributed by atoms with van der Waals surface area (Å²) in [5, 5.41) is 12.5. The van der Waals surface area contributed by atoms with Crippen LogP contribution in [0.2, 0.25) is 0 Å². The van der Waals surface area contributed by atoms with Gasteiger partial charge in [-0.3, -0.25) is 14.8 Å². The number of hydrogen-bond acceptors (Lipinski definition) is 4. The first-order chi connectivity index (χ1) is 9.08. The molecule has 0 fully saturated rings. The van der Waals surface area contributed by atoms with Crippen LogP contribution in [0, 0.1) is 13.8 Å². The number of phenols is 1. The Morgan fingerprint density at radius 1 is 1.26 bits per heavy atom. The third-order valence-corrected chi connectivity index (χ3v) is 2.75. The SMILES string of the molecule is Cc1cnc(CNC(=O)c2cccc(C)c2O)cn1. The first kappa shape index (κ1) is 13.0. The molecule has 0 atom stereocenters. The average molecular weight is 257 g/mol. The van der Waals surface area contributed by atoms with Crippen molar-refractivity contribution in [1.82, 2.24) is 15.3 Å². The summed E-state index contributed by atoms with van der Waals surface area (Å²) in [5.41, 5.74) is 2.43. The summed E-state index contributed by atoms with van der Waals surface area (Å²) in [6, 6.07) is 5.06. The molecule has 2 aromatic rings. The molecule has 98 valence electrons. The molecule has 0 unspecified atom stereocenters. The Bertz CT molecular complexity index is 594. The van der Waals surface area contributed by atoms with Crippen molar-refractivity contribution in [3.63, 3.8) is 0 Å². The number of nitrogens with one attached hydrogen (secondary N) is 1. The van der Waals surface area contributed by atoms with E-state index in [-0.39, 0.29) is 23.8 Å². The summed E-state index contributed by atoms with van der Waals surface area (Å²) in [6.45, 7) is 3.87. The third kappa shape index (κ3) is 3.07. The highest BCUT2D eigenvalue weighted by Crippen LogP contribution is 2.21. The van der Waals surface area contributed by atoms with Gasteiger partial charge in [-0.25, -0.2) is 0 Å². The zero-order chi connectivity index (χ0) is 13.8. The molecule has 0 bridgehead atoms. The molecule has 2 N–H and O–H groups in total. The minimum absolute atomic E-state index is 0.00925. The zero-order valence-electron chi connectivity index (χ0n) is 10.8. The molecule has 0 aliphatic carbocycles. The Balaban J connectivity index is 2.05. The molecule has 2 rings (SSSR count). The van der Waals surface area contributed by atoms with Crippen LogP contribution in [-0.4, -0.2) is 21.0 Å². The summed E-state index contributed by atoms with van der Waals surface area (Å²) >= 11 is 0. The monoisotopic (exact) mass is 257 g/mol. The van der Waals surface area contributed by atoms with Crippen LogP contribution in [0.1, 0.15) is 27.3 Å². The number of nitrogens with zero attached hydrogens (tertiary/aromatic N) is 2. The second-order valence-corrected chi connectivity index (χ2v) is 4.30. The van der Waals surface area contributed by atoms with Gasteiger partial charge in [0.2, 0.25) is 0 Å². The Kier molecular flexibility index (Phi) is 3.75. The van der Waals surface area contributed by atoms with Crippen LogP contribution < -0.4 is 5.32 Å². The lowest BCUT2D eigenvalue weighted by atomic mass is 10.1. The van der Waals surface area contributed by atoms with Crippen LogP contribution in [-0.2, 0) is 6.54 Å². The maximum atomic E-state index is 11.9. The summed E-state index contributed by atoms with van der Waals surface area (Å²) in [5.74, 6) is -0.321. The van der Waals surface area contributed by atoms with Crippen molar-refractivity contribution >= 4 is 5.91 Å². The number of hydrogen-bond donors (Lipinski definition) is 2. The van der Waals surface area contributed by atoms with E-state index in [9.17, 15) is 9.90 Å². The highest BCUT2D eigenvalue weighted by atomic mass is 16.3. The van der Waals surface area contributed by atoms with Crippen molar-refractivity contribution in [3.8, 4) is 5.75 Å². The van der Waals surface area contributed by atoms with Gasteiger partial charge in [0.25, 0.3) is 5.91 Å². The van der Waals surface area contributed by atoms with Gasteiger partial charge in [-0.15, -0.1) is 0 Å². The number of rotatable bonds is 3. The molecule has 19 heavy (non-hydrogen) atoms. The van der Waals surface area contributed by atoms with Crippen molar-refractivity contribution in [2.45, 2.75) is 20.4 Å². The van der Waals surface area contributed by atoms with Crippen LogP contribution in [0.25, 0.3) is 0 Å². The second kappa shape index (κ2) is 5.48. The van der Waals surface area contributed by atoms with E-state index in [1.165, 1.54) is 0 Å². The molecule has 0 spiro atoms. The molecule has 1 aromatic heterocycles. The number of benzene rings is 1. The predicted octanol–water partition coefficient (Wildman–Crippen LogP) is 1.73. The van der Waals surface area contributed by atoms with Gasteiger partial charge in [-0.1, -0.05) is 12.1 Å². The van der Waals surface area contributed by atoms with E-state index in [0.717, 1.165) is 5.69 Å². The van der Waals surface area contributed by atoms with Gasteiger partial charge in [-0.05, 0) is 25.5 Å². The molecule has 1 amide bonds. The lowest BCUT2D eigenvalue weighted by molar-refractivity contribution is 0.0947. The number of carbonyl (C=O) groups is 1. The van der Waals surface area contributed by atoms with Crippen LogP contribution in [0.5, 0.6) is 5.75 Å². The van der Waals surface area contributed by atoms with Crippen LogP contribution in [0.4, 0.5) is 0 Å². The molecule has 0 aliphatic rings. The number of aromatic nitrogens is 2. The van der Waals surface area contributed by atoms with Crippen molar-refractivity contribution in [1.29, 1.82) is 0 Å². The van der Waals surface area contributed by atoms with E-state index in [1.807, 2.05) is 6.92 Å². The van der Waals surface area contributed by atoms with E-state index < -0.39 is 0 Å². The molecule has 5 heteroatoms. The van der Waals surface area contributed by atoms with E-state index in [2.05, 4.69) is 15.3 Å². The molecule has 1 aromatic carbocycles. The molecule has 0 saturated carbocycles. The normalized spacial score (nSPS) is 10.2.